The van der Waals surface area contributed by atoms with E-state index in [1.165, 1.54) is 18.2 Å². The maximum Gasteiger partial charge on any atom is 0.262 e. The third-order valence-electron chi connectivity index (χ3n) is 5.21. The molecule has 9 heteroatoms. The average Bonchev–Trinajstić information content (AvgIpc) is 3.13. The fraction of sp³-hybridized carbons (Fsp3) is 0.160. The van der Waals surface area contributed by atoms with Gasteiger partial charge in [0.1, 0.15) is 17.4 Å². The van der Waals surface area contributed by atoms with Gasteiger partial charge in [-0.1, -0.05) is 35.9 Å². The van der Waals surface area contributed by atoms with Crippen molar-refractivity contribution < 1.29 is 18.7 Å². The van der Waals surface area contributed by atoms with E-state index in [4.69, 9.17) is 16.3 Å². The van der Waals surface area contributed by atoms with Crippen molar-refractivity contribution in [3.63, 3.8) is 0 Å². The topological polar surface area (TPSA) is 85.3 Å². The lowest BCUT2D eigenvalue weighted by Crippen LogP contribution is -2.27. The Kier molecular flexibility index (Phi) is 7.08. The van der Waals surface area contributed by atoms with E-state index in [0.717, 1.165) is 11.3 Å². The number of halogens is 2. The quantitative estimate of drug-likeness (QED) is 0.392. The minimum atomic E-state index is -0.561. The second kappa shape index (κ2) is 10.4. The fourth-order valence-corrected chi connectivity index (χ4v) is 3.67. The van der Waals surface area contributed by atoms with Crippen LogP contribution in [-0.4, -0.2) is 34.5 Å². The molecular weight excluding hydrogens is 459 g/mol. The molecule has 0 saturated carbocycles. The van der Waals surface area contributed by atoms with Crippen LogP contribution in [-0.2, 0) is 18.3 Å². The first kappa shape index (κ1) is 23.3. The van der Waals surface area contributed by atoms with Crippen LogP contribution in [0.3, 0.4) is 0 Å². The summed E-state index contributed by atoms with van der Waals surface area (Å²) < 4.78 is 21.1. The van der Waals surface area contributed by atoms with Crippen LogP contribution in [0.1, 0.15) is 16.2 Å². The summed E-state index contributed by atoms with van der Waals surface area (Å²) >= 11 is 6.03. The molecule has 0 fully saturated rings. The molecule has 2 amide bonds. The van der Waals surface area contributed by atoms with Crippen LogP contribution in [0.4, 0.5) is 10.1 Å². The molecule has 0 unspecified atom stereocenters. The Morgan fingerprint density at radius 1 is 1.09 bits per heavy atom. The number of fused-ring (bicyclic) bond motifs is 1. The number of carbonyl (C=O) groups is 2. The molecule has 0 aliphatic heterocycles. The van der Waals surface area contributed by atoms with Gasteiger partial charge < -0.3 is 19.9 Å². The Morgan fingerprint density at radius 2 is 1.85 bits per heavy atom. The Morgan fingerprint density at radius 3 is 2.65 bits per heavy atom. The molecule has 0 radical (unpaired) electrons. The maximum atomic E-state index is 13.8. The highest BCUT2D eigenvalue weighted by Gasteiger charge is 2.13. The van der Waals surface area contributed by atoms with E-state index in [1.807, 2.05) is 17.7 Å². The lowest BCUT2D eigenvalue weighted by Gasteiger charge is -2.08. The molecule has 174 valence electrons. The number of nitrogens with zero attached hydrogens (tertiary/aromatic N) is 2. The van der Waals surface area contributed by atoms with Crippen molar-refractivity contribution in [1.82, 2.24) is 14.9 Å². The maximum absolute atomic E-state index is 13.8. The number of nitrogens with one attached hydrogen (secondary N) is 2. The lowest BCUT2D eigenvalue weighted by atomic mass is 10.2. The van der Waals surface area contributed by atoms with E-state index in [-0.39, 0.29) is 18.1 Å². The van der Waals surface area contributed by atoms with E-state index >= 15 is 0 Å². The van der Waals surface area contributed by atoms with Crippen LogP contribution in [0, 0.1) is 5.82 Å². The van der Waals surface area contributed by atoms with Crippen LogP contribution in [0.15, 0.2) is 66.7 Å². The lowest BCUT2D eigenvalue weighted by molar-refractivity contribution is -0.118. The number of amides is 2. The van der Waals surface area contributed by atoms with Crippen LogP contribution in [0.25, 0.3) is 11.0 Å². The molecule has 4 rings (SSSR count). The zero-order valence-corrected chi connectivity index (χ0v) is 19.1. The van der Waals surface area contributed by atoms with Gasteiger partial charge in [0.05, 0.1) is 21.6 Å². The SMILES string of the molecule is Cn1c(CCNC(=O)c2ccccc2F)nc2cc(NC(=O)COc3ccccc3Cl)ccc21. The van der Waals surface area contributed by atoms with Crippen LogP contribution >= 0.6 is 11.6 Å². The summed E-state index contributed by atoms with van der Waals surface area (Å²) in [4.78, 5) is 29.1. The van der Waals surface area contributed by atoms with Crippen molar-refractivity contribution in [2.45, 2.75) is 6.42 Å². The number of hydrogen-bond donors (Lipinski definition) is 2. The molecule has 1 heterocycles. The van der Waals surface area contributed by atoms with Gasteiger partial charge >= 0.3 is 0 Å². The normalized spacial score (nSPS) is 10.8. The standard InChI is InChI=1S/C25H22ClFN4O3/c1-31-21-11-10-16(29-24(32)15-34-22-9-5-3-7-18(22)26)14-20(21)30-23(31)12-13-28-25(33)17-6-2-4-8-19(17)27/h2-11,14H,12-13,15H2,1H3,(H,28,33)(H,29,32). The Balaban J connectivity index is 1.36. The van der Waals surface area contributed by atoms with Gasteiger partial charge in [-0.2, -0.15) is 0 Å². The van der Waals surface area contributed by atoms with Crippen LogP contribution in [0.2, 0.25) is 5.02 Å². The molecule has 2 N–H and O–H groups in total. The molecule has 7 nitrogen and oxygen atoms in total. The van der Waals surface area contributed by atoms with Gasteiger partial charge in [0.25, 0.3) is 11.8 Å². The van der Waals surface area contributed by atoms with Gasteiger partial charge in [-0.25, -0.2) is 9.37 Å². The Bertz CT molecular complexity index is 1360. The average molecular weight is 481 g/mol. The number of para-hydroxylation sites is 1. The largest absolute Gasteiger partial charge is 0.482 e. The zero-order valence-electron chi connectivity index (χ0n) is 18.3. The minimum Gasteiger partial charge on any atom is -0.482 e. The van der Waals surface area contributed by atoms with Crippen molar-refractivity contribution in [3.8, 4) is 5.75 Å². The highest BCUT2D eigenvalue weighted by molar-refractivity contribution is 6.32. The number of imidazole rings is 1. The number of ether oxygens (including phenoxy) is 1. The third kappa shape index (κ3) is 5.35. The highest BCUT2D eigenvalue weighted by atomic mass is 35.5. The van der Waals surface area contributed by atoms with Gasteiger partial charge in [-0.15, -0.1) is 0 Å². The molecule has 0 spiro atoms. The van der Waals surface area contributed by atoms with Gasteiger partial charge in [-0.05, 0) is 42.5 Å². The van der Waals surface area contributed by atoms with Gasteiger partial charge in [0.15, 0.2) is 6.61 Å². The first-order valence-electron chi connectivity index (χ1n) is 10.6. The number of anilines is 1. The molecular formula is C25H22ClFN4O3. The van der Waals surface area contributed by atoms with E-state index in [2.05, 4.69) is 15.6 Å². The predicted octanol–water partition coefficient (Wildman–Crippen LogP) is 4.36. The molecule has 1 aromatic heterocycles. The van der Waals surface area contributed by atoms with Crippen LogP contribution in [0.5, 0.6) is 5.75 Å². The molecule has 4 aromatic rings. The van der Waals surface area contributed by atoms with Crippen molar-refractivity contribution in [2.24, 2.45) is 7.05 Å². The van der Waals surface area contributed by atoms with E-state index in [0.29, 0.717) is 34.9 Å². The summed E-state index contributed by atoms with van der Waals surface area (Å²) in [5.74, 6) is -0.178. The van der Waals surface area contributed by atoms with E-state index in [1.54, 1.807) is 42.5 Å². The minimum absolute atomic E-state index is 0.00593. The molecule has 0 atom stereocenters. The Hall–Kier alpha value is -3.91. The molecule has 0 bridgehead atoms. The summed E-state index contributed by atoms with van der Waals surface area (Å²) in [6.45, 7) is 0.115. The zero-order chi connectivity index (χ0) is 24.1. The third-order valence-corrected chi connectivity index (χ3v) is 5.52. The summed E-state index contributed by atoms with van der Waals surface area (Å²) in [5.41, 5.74) is 2.16. The number of benzene rings is 3. The second-order valence-corrected chi connectivity index (χ2v) is 7.95. The van der Waals surface area contributed by atoms with Crippen molar-refractivity contribution in [2.75, 3.05) is 18.5 Å². The van der Waals surface area contributed by atoms with E-state index < -0.39 is 11.7 Å². The first-order chi connectivity index (χ1) is 16.4. The molecule has 34 heavy (non-hydrogen) atoms. The van der Waals surface area contributed by atoms with Crippen molar-refractivity contribution in [1.29, 1.82) is 0 Å². The summed E-state index contributed by atoms with van der Waals surface area (Å²) in [6.07, 6.45) is 0.457. The van der Waals surface area contributed by atoms with E-state index in [9.17, 15) is 14.0 Å². The number of aryl methyl sites for hydroxylation is 1. The molecule has 0 saturated heterocycles. The fourth-order valence-electron chi connectivity index (χ4n) is 3.48. The second-order valence-electron chi connectivity index (χ2n) is 7.54. The summed E-state index contributed by atoms with van der Waals surface area (Å²) in [5, 5.41) is 5.93. The first-order valence-corrected chi connectivity index (χ1v) is 11.0. The van der Waals surface area contributed by atoms with Crippen molar-refractivity contribution in [3.05, 3.63) is 89.0 Å². The highest BCUT2D eigenvalue weighted by Crippen LogP contribution is 2.23. The molecule has 0 aliphatic rings. The predicted molar refractivity (Wildman–Crippen MR) is 129 cm³/mol. The monoisotopic (exact) mass is 480 g/mol. The summed E-state index contributed by atoms with van der Waals surface area (Å²) in [7, 11) is 1.87. The number of rotatable bonds is 8. The number of hydrogen-bond acceptors (Lipinski definition) is 4. The number of carbonyl (C=O) groups excluding carboxylic acids is 2. The van der Waals surface area contributed by atoms with Gasteiger partial charge in [0, 0.05) is 25.7 Å². The van der Waals surface area contributed by atoms with Crippen LogP contribution < -0.4 is 15.4 Å². The molecule has 3 aromatic carbocycles. The van der Waals surface area contributed by atoms with Crippen molar-refractivity contribution >= 4 is 40.1 Å². The van der Waals surface area contributed by atoms with Gasteiger partial charge in [-0.3, -0.25) is 9.59 Å². The number of aromatic nitrogens is 2. The van der Waals surface area contributed by atoms with Gasteiger partial charge in [0.2, 0.25) is 0 Å². The Labute approximate surface area is 200 Å². The smallest absolute Gasteiger partial charge is 0.262 e. The summed E-state index contributed by atoms with van der Waals surface area (Å²) in [6, 6.07) is 18.2. The molecule has 0 aliphatic carbocycles.